The maximum Gasteiger partial charge on any atom is 0.163 e. The molecular formula is C17H21FN6O. The van der Waals surface area contributed by atoms with Gasteiger partial charge in [0.25, 0.3) is 0 Å². The molecule has 2 aromatic heterocycles. The molecule has 7 nitrogen and oxygen atoms in total. The molecule has 2 heterocycles. The highest BCUT2D eigenvalue weighted by Crippen LogP contribution is 2.22. The highest BCUT2D eigenvalue weighted by molar-refractivity contribution is 5.86. The number of benzene rings is 1. The lowest BCUT2D eigenvalue weighted by atomic mass is 10.1. The lowest BCUT2D eigenvalue weighted by Crippen LogP contribution is -2.27. The van der Waals surface area contributed by atoms with Gasteiger partial charge >= 0.3 is 0 Å². The van der Waals surface area contributed by atoms with Crippen molar-refractivity contribution in [3.05, 3.63) is 48.2 Å². The van der Waals surface area contributed by atoms with Crippen molar-refractivity contribution in [2.45, 2.75) is 12.6 Å². The van der Waals surface area contributed by atoms with Crippen molar-refractivity contribution in [3.8, 4) is 0 Å². The van der Waals surface area contributed by atoms with Crippen molar-refractivity contribution in [2.75, 3.05) is 32.6 Å². The van der Waals surface area contributed by atoms with E-state index in [1.807, 2.05) is 14.1 Å². The third kappa shape index (κ3) is 3.75. The smallest absolute Gasteiger partial charge is 0.163 e. The molecule has 0 unspecified atom stereocenters. The first kappa shape index (κ1) is 17.2. The molecule has 0 bridgehead atoms. The van der Waals surface area contributed by atoms with Gasteiger partial charge in [0.2, 0.25) is 0 Å². The van der Waals surface area contributed by atoms with Gasteiger partial charge in [-0.1, -0.05) is 12.1 Å². The van der Waals surface area contributed by atoms with Crippen LogP contribution in [0, 0.1) is 5.82 Å². The largest absolute Gasteiger partial charge is 0.394 e. The maximum atomic E-state index is 13.2. The number of aliphatic hydroxyl groups excluding tert-OH is 1. The zero-order chi connectivity index (χ0) is 17.8. The van der Waals surface area contributed by atoms with Gasteiger partial charge in [-0.3, -0.25) is 0 Å². The van der Waals surface area contributed by atoms with Gasteiger partial charge in [0.1, 0.15) is 18.0 Å². The fourth-order valence-electron chi connectivity index (χ4n) is 2.77. The van der Waals surface area contributed by atoms with E-state index in [1.165, 1.54) is 18.5 Å². The predicted octanol–water partition coefficient (Wildman–Crippen LogP) is 1.67. The molecule has 1 atom stereocenters. The Morgan fingerprint density at radius 3 is 2.68 bits per heavy atom. The first-order valence-corrected chi connectivity index (χ1v) is 8.03. The van der Waals surface area contributed by atoms with E-state index in [-0.39, 0.29) is 18.5 Å². The van der Waals surface area contributed by atoms with Gasteiger partial charge in [0.15, 0.2) is 5.65 Å². The van der Waals surface area contributed by atoms with Gasteiger partial charge in [0, 0.05) is 6.54 Å². The van der Waals surface area contributed by atoms with Crippen LogP contribution < -0.4 is 5.32 Å². The average molecular weight is 344 g/mol. The van der Waals surface area contributed by atoms with Crippen LogP contribution in [0.2, 0.25) is 0 Å². The molecule has 3 aromatic rings. The topological polar surface area (TPSA) is 79.1 Å². The van der Waals surface area contributed by atoms with Crippen molar-refractivity contribution in [3.63, 3.8) is 0 Å². The standard InChI is InChI=1S/C17H21FN6O/c1-23(2)15(12-3-5-13(18)6-4-12)10-19-16-14-9-22-24(7-8-25)17(14)21-11-20-16/h3-6,9,11,15,25H,7-8,10H2,1-2H3,(H,19,20,21)/t15-/m0/s1. The van der Waals surface area contributed by atoms with Crippen LogP contribution in [-0.4, -0.2) is 57.0 Å². The zero-order valence-electron chi connectivity index (χ0n) is 14.2. The van der Waals surface area contributed by atoms with Crippen LogP contribution in [0.5, 0.6) is 0 Å². The molecule has 0 aliphatic heterocycles. The van der Waals surface area contributed by atoms with Crippen LogP contribution in [0.4, 0.5) is 10.2 Å². The Bertz CT molecular complexity index is 833. The van der Waals surface area contributed by atoms with Gasteiger partial charge in [-0.2, -0.15) is 5.10 Å². The number of halogens is 1. The Kier molecular flexibility index (Phi) is 5.20. The molecule has 3 rings (SSSR count). The Morgan fingerprint density at radius 1 is 1.24 bits per heavy atom. The second-order valence-electron chi connectivity index (χ2n) is 5.96. The second-order valence-corrected chi connectivity index (χ2v) is 5.96. The van der Waals surface area contributed by atoms with E-state index >= 15 is 0 Å². The van der Waals surface area contributed by atoms with Gasteiger partial charge in [-0.15, -0.1) is 0 Å². The molecule has 0 spiro atoms. The molecule has 0 radical (unpaired) electrons. The molecule has 25 heavy (non-hydrogen) atoms. The summed E-state index contributed by atoms with van der Waals surface area (Å²) in [6.45, 7) is 0.975. The average Bonchev–Trinajstić information content (AvgIpc) is 3.01. The number of fused-ring (bicyclic) bond motifs is 1. The second kappa shape index (κ2) is 7.54. The quantitative estimate of drug-likeness (QED) is 0.679. The van der Waals surface area contributed by atoms with E-state index in [0.717, 1.165) is 10.9 Å². The Hall–Kier alpha value is -2.58. The van der Waals surface area contributed by atoms with E-state index in [0.29, 0.717) is 24.6 Å². The van der Waals surface area contributed by atoms with Gasteiger partial charge < -0.3 is 15.3 Å². The lowest BCUT2D eigenvalue weighted by molar-refractivity contribution is 0.271. The fourth-order valence-corrected chi connectivity index (χ4v) is 2.77. The summed E-state index contributed by atoms with van der Waals surface area (Å²) in [5.41, 5.74) is 1.69. The third-order valence-corrected chi connectivity index (χ3v) is 4.09. The Labute approximate surface area is 145 Å². The molecule has 0 saturated carbocycles. The van der Waals surface area contributed by atoms with Gasteiger partial charge in [-0.25, -0.2) is 19.0 Å². The summed E-state index contributed by atoms with van der Waals surface area (Å²) in [4.78, 5) is 10.6. The first-order chi connectivity index (χ1) is 12.1. The third-order valence-electron chi connectivity index (χ3n) is 4.09. The lowest BCUT2D eigenvalue weighted by Gasteiger charge is -2.25. The number of hydrogen-bond donors (Lipinski definition) is 2. The summed E-state index contributed by atoms with van der Waals surface area (Å²) in [6, 6.07) is 6.56. The van der Waals surface area contributed by atoms with Crippen LogP contribution in [0.1, 0.15) is 11.6 Å². The van der Waals surface area contributed by atoms with E-state index in [1.54, 1.807) is 23.0 Å². The number of nitrogens with one attached hydrogen (secondary N) is 1. The van der Waals surface area contributed by atoms with E-state index in [4.69, 9.17) is 5.11 Å². The van der Waals surface area contributed by atoms with Crippen LogP contribution in [0.3, 0.4) is 0 Å². The van der Waals surface area contributed by atoms with Crippen LogP contribution in [0.15, 0.2) is 36.8 Å². The van der Waals surface area contributed by atoms with Crippen LogP contribution in [-0.2, 0) is 6.54 Å². The first-order valence-electron chi connectivity index (χ1n) is 8.03. The van der Waals surface area contributed by atoms with Crippen molar-refractivity contribution in [2.24, 2.45) is 0 Å². The van der Waals surface area contributed by atoms with Crippen LogP contribution >= 0.6 is 0 Å². The van der Waals surface area contributed by atoms with E-state index < -0.39 is 0 Å². The summed E-state index contributed by atoms with van der Waals surface area (Å²) >= 11 is 0. The number of aromatic nitrogens is 4. The zero-order valence-corrected chi connectivity index (χ0v) is 14.2. The van der Waals surface area contributed by atoms with Crippen LogP contribution in [0.25, 0.3) is 11.0 Å². The summed E-state index contributed by atoms with van der Waals surface area (Å²) in [5, 5.41) is 17.5. The Balaban J connectivity index is 1.81. The normalized spacial score (nSPS) is 12.7. The van der Waals surface area contributed by atoms with Gasteiger partial charge in [-0.05, 0) is 31.8 Å². The molecule has 8 heteroatoms. The summed E-state index contributed by atoms with van der Waals surface area (Å²) in [5.74, 6) is 0.436. The van der Waals surface area contributed by atoms with E-state index in [9.17, 15) is 4.39 Å². The predicted molar refractivity (Wildman–Crippen MR) is 93.7 cm³/mol. The molecule has 1 aromatic carbocycles. The summed E-state index contributed by atoms with van der Waals surface area (Å²) in [7, 11) is 3.95. The molecule has 0 fully saturated rings. The van der Waals surface area contributed by atoms with Gasteiger partial charge in [0.05, 0.1) is 30.8 Å². The van der Waals surface area contributed by atoms with Crippen molar-refractivity contribution < 1.29 is 9.50 Å². The molecular weight excluding hydrogens is 323 g/mol. The summed E-state index contributed by atoms with van der Waals surface area (Å²) < 4.78 is 14.8. The molecule has 2 N–H and O–H groups in total. The minimum Gasteiger partial charge on any atom is -0.394 e. The van der Waals surface area contributed by atoms with Crippen molar-refractivity contribution in [1.82, 2.24) is 24.6 Å². The fraction of sp³-hybridized carbons (Fsp3) is 0.353. The van der Waals surface area contributed by atoms with Crippen molar-refractivity contribution in [1.29, 1.82) is 0 Å². The number of hydrogen-bond acceptors (Lipinski definition) is 6. The number of rotatable bonds is 7. The number of anilines is 1. The molecule has 0 saturated heterocycles. The number of nitrogens with zero attached hydrogens (tertiary/aromatic N) is 5. The minimum atomic E-state index is -0.247. The molecule has 132 valence electrons. The number of likely N-dealkylation sites (N-methyl/N-ethyl adjacent to an activating group) is 1. The monoisotopic (exact) mass is 344 g/mol. The van der Waals surface area contributed by atoms with Crippen molar-refractivity contribution >= 4 is 16.9 Å². The SMILES string of the molecule is CN(C)[C@@H](CNc1ncnc2c1cnn2CCO)c1ccc(F)cc1. The maximum absolute atomic E-state index is 13.2. The summed E-state index contributed by atoms with van der Waals surface area (Å²) in [6.07, 6.45) is 3.17. The molecule has 0 amide bonds. The van der Waals surface area contributed by atoms with E-state index in [2.05, 4.69) is 25.3 Å². The highest BCUT2D eigenvalue weighted by Gasteiger charge is 2.16. The Morgan fingerprint density at radius 2 is 2.00 bits per heavy atom. The molecule has 0 aliphatic carbocycles. The molecule has 0 aliphatic rings. The highest BCUT2D eigenvalue weighted by atomic mass is 19.1. The minimum absolute atomic E-state index is 0.00316. The number of aliphatic hydroxyl groups is 1.